The number of likely N-dealkylation sites (tertiary alicyclic amines) is 1. The van der Waals surface area contributed by atoms with Gasteiger partial charge in [0.1, 0.15) is 62.6 Å². The highest BCUT2D eigenvalue weighted by Crippen LogP contribution is 2.45. The number of para-hydroxylation sites is 1. The van der Waals surface area contributed by atoms with Crippen molar-refractivity contribution in [3.05, 3.63) is 110 Å². The van der Waals surface area contributed by atoms with Gasteiger partial charge in [0.2, 0.25) is 41.7 Å². The molecule has 36 nitrogen and oxygen atoms in total. The van der Waals surface area contributed by atoms with Gasteiger partial charge in [-0.2, -0.15) is 0 Å². The van der Waals surface area contributed by atoms with Gasteiger partial charge in [-0.1, -0.05) is 45.0 Å². The van der Waals surface area contributed by atoms with Gasteiger partial charge in [0.05, 0.1) is 87.0 Å². The van der Waals surface area contributed by atoms with Crippen LogP contribution in [0.1, 0.15) is 113 Å². The Kier molecular flexibility index (Phi) is 30.0. The van der Waals surface area contributed by atoms with Gasteiger partial charge in [-0.15, -0.1) is 0 Å². The molecular formula is C82H110N12O24. The zero-order chi connectivity index (χ0) is 85.0. The fraction of sp³-hybridized carbons (Fsp3) is 0.573. The zero-order valence-corrected chi connectivity index (χ0v) is 68.3. The number of hydrazine groups is 1. The van der Waals surface area contributed by atoms with E-state index < -0.39 is 127 Å². The Hall–Kier alpha value is -9.83. The molecule has 3 saturated heterocycles. The fourth-order valence-electron chi connectivity index (χ4n) is 15.8. The molecule has 3 fully saturated rings. The van der Waals surface area contributed by atoms with Crippen molar-refractivity contribution in [2.24, 2.45) is 5.92 Å². The van der Waals surface area contributed by atoms with Crippen LogP contribution in [-0.4, -0.2) is 301 Å². The summed E-state index contributed by atoms with van der Waals surface area (Å²) >= 11 is 0. The number of cyclic esters (lactones) is 1. The van der Waals surface area contributed by atoms with E-state index in [2.05, 4.69) is 57.3 Å². The van der Waals surface area contributed by atoms with Crippen molar-refractivity contribution < 1.29 is 111 Å². The van der Waals surface area contributed by atoms with Gasteiger partial charge >= 0.3 is 18.0 Å². The van der Waals surface area contributed by atoms with E-state index in [1.165, 1.54) is 40.2 Å². The Morgan fingerprint density at radius 2 is 1.45 bits per heavy atom. The number of nitrogens with zero attached hydrogens (tertiary/aromatic N) is 8. The van der Waals surface area contributed by atoms with Crippen molar-refractivity contribution >= 4 is 81.4 Å². The molecule has 118 heavy (non-hydrogen) atoms. The average molecular weight is 1650 g/mol. The Balaban J connectivity index is 0.691. The number of amides is 7. The summed E-state index contributed by atoms with van der Waals surface area (Å²) in [6.07, 6.45) is -10.1. The summed E-state index contributed by atoms with van der Waals surface area (Å²) in [5.74, 6) is -6.53. The summed E-state index contributed by atoms with van der Waals surface area (Å²) in [5.41, 5.74) is 3.88. The van der Waals surface area contributed by atoms with E-state index >= 15 is 0 Å². The van der Waals surface area contributed by atoms with Crippen LogP contribution in [0, 0.1) is 5.92 Å². The maximum atomic E-state index is 14.3. The number of aliphatic hydroxyl groups excluding tert-OH is 3. The van der Waals surface area contributed by atoms with E-state index in [0.29, 0.717) is 86.6 Å². The van der Waals surface area contributed by atoms with E-state index in [0.717, 1.165) is 29.7 Å². The predicted octanol–water partition coefficient (Wildman–Crippen LogP) is 2.17. The number of anilines is 3. The number of benzene rings is 3. The van der Waals surface area contributed by atoms with Gasteiger partial charge in [-0.05, 0) is 112 Å². The molecule has 9 N–H and O–H groups in total. The number of hydrogen-bond donors (Lipinski definition) is 9. The molecule has 0 saturated carbocycles. The monoisotopic (exact) mass is 1650 g/mol. The number of ether oxygens (including phenoxy) is 9. The number of esters is 1. The van der Waals surface area contributed by atoms with Gasteiger partial charge < -0.3 is 114 Å². The summed E-state index contributed by atoms with van der Waals surface area (Å²) in [5, 5.41) is 69.8. The molecule has 0 bridgehead atoms. The number of piperidine rings is 1. The number of aliphatic carboxylic acids is 1. The molecule has 5 aromatic rings. The standard InChI is InChI=1S/C82H110N12O24/c1-11-82(109)58-38-62-70-56(40-94(62)77(104)57(58)43-115-80(82)107)52(53-14-12-13-15-59(53)85-70)24-27-92(47(4)5)81(108)116-42-49-16-18-60(64(36-49)117-79-73(101)71(99)72(100)74(118-79)78(105)106)86-75(102)48(6)83-76(103)69(46(2)3)87-66(96)44-114-45-68(98)93(28-29-111-32-33-113-35-34-112-31-30-110-10)51-22-25-91(26-23-51)67(97)21-20-65(95)84-50-17-19-61-54(37-50)55-39-88(7)89(8)41-63(55)90(61)9/h12-19,36-38,46-48,51,55,63,69,71-74,79,99-101,109H,11,20-35,39-45H2,1-10H3,(H,83,103)(H,84,95)(H,86,102)(H,87,96)(H,105,106)/t48-,55?,63?,69-,71-,72-,73+,74-,79+,82-/m0/s1. The van der Waals surface area contributed by atoms with Crippen LogP contribution < -0.4 is 36.5 Å². The number of methoxy groups -OCH3 is 1. The van der Waals surface area contributed by atoms with Crippen molar-refractivity contribution in [2.45, 2.75) is 172 Å². The predicted molar refractivity (Wildman–Crippen MR) is 426 cm³/mol. The molecule has 3 aromatic carbocycles. The highest BCUT2D eigenvalue weighted by Gasteiger charge is 2.50. The molecule has 7 amide bonds. The van der Waals surface area contributed by atoms with E-state index in [-0.39, 0.29) is 124 Å². The van der Waals surface area contributed by atoms with Crippen LogP contribution in [0.5, 0.6) is 5.75 Å². The van der Waals surface area contributed by atoms with Gasteiger partial charge in [-0.25, -0.2) is 29.4 Å². The maximum Gasteiger partial charge on any atom is 0.410 e. The summed E-state index contributed by atoms with van der Waals surface area (Å²) in [6, 6.07) is 15.9. The summed E-state index contributed by atoms with van der Waals surface area (Å²) in [4.78, 5) is 148. The summed E-state index contributed by atoms with van der Waals surface area (Å²) in [7, 11) is 7.82. The Labute approximate surface area is 683 Å². The maximum absolute atomic E-state index is 14.3. The number of pyridine rings is 2. The second-order valence-electron chi connectivity index (χ2n) is 31.1. The molecule has 0 aliphatic carbocycles. The minimum atomic E-state index is -2.09. The fourth-order valence-corrected chi connectivity index (χ4v) is 15.8. The molecule has 2 unspecified atom stereocenters. The molecule has 0 radical (unpaired) electrons. The lowest BCUT2D eigenvalue weighted by atomic mass is 9.86. The average Bonchev–Trinajstić information content (AvgIpc) is 1.57. The van der Waals surface area contributed by atoms with Crippen LogP contribution in [-0.2, 0) is 108 Å². The van der Waals surface area contributed by atoms with Crippen LogP contribution >= 0.6 is 0 Å². The lowest BCUT2D eigenvalue weighted by Crippen LogP contribution is -2.61. The minimum Gasteiger partial charge on any atom is -0.479 e. The van der Waals surface area contributed by atoms with Gasteiger partial charge in [0.15, 0.2) is 11.7 Å². The number of fused-ring (bicyclic) bond motifs is 8. The Morgan fingerprint density at radius 1 is 0.746 bits per heavy atom. The van der Waals surface area contributed by atoms with Crippen LogP contribution in [0.25, 0.3) is 22.3 Å². The molecule has 36 heteroatoms. The Bertz CT molecular complexity index is 4540. The van der Waals surface area contributed by atoms with Gasteiger partial charge in [0.25, 0.3) is 5.56 Å². The molecular weight excluding hydrogens is 1540 g/mol. The van der Waals surface area contributed by atoms with E-state index in [4.69, 9.17) is 47.6 Å². The Morgan fingerprint density at radius 3 is 2.14 bits per heavy atom. The smallest absolute Gasteiger partial charge is 0.410 e. The number of rotatable bonds is 37. The van der Waals surface area contributed by atoms with Crippen molar-refractivity contribution in [2.75, 3.05) is 143 Å². The molecule has 10 atom stereocenters. The van der Waals surface area contributed by atoms with E-state index in [1.807, 2.05) is 42.5 Å². The van der Waals surface area contributed by atoms with E-state index in [9.17, 15) is 73.5 Å². The summed E-state index contributed by atoms with van der Waals surface area (Å²) < 4.78 is 51.8. The van der Waals surface area contributed by atoms with Gasteiger partial charge in [-0.3, -0.25) is 33.6 Å². The zero-order valence-electron chi connectivity index (χ0n) is 68.3. The number of carboxylic acid groups (broad SMARTS) is 1. The van der Waals surface area contributed by atoms with Crippen molar-refractivity contribution in [3.63, 3.8) is 0 Å². The lowest BCUT2D eigenvalue weighted by molar-refractivity contribution is -0.271. The molecule has 8 heterocycles. The molecule has 2 aromatic heterocycles. The molecule has 0 spiro atoms. The first-order valence-corrected chi connectivity index (χ1v) is 40.0. The number of hydrogen-bond acceptors (Lipinski definition) is 27. The minimum absolute atomic E-state index is 0.0131. The number of carbonyl (C=O) groups is 9. The first kappa shape index (κ1) is 89.0. The number of likely N-dealkylation sites (N-methyl/N-ethyl adjacent to an activating group) is 3. The second kappa shape index (κ2) is 39.8. The SMILES string of the molecule is CC[C@@]1(O)C(=O)OCc2c1cc1n(c2=O)Cc2c-1nc1ccccc1c2CCN(C(=O)OCc1ccc(NC(=O)[C@H](C)NC(=O)[C@@H](NC(=O)COCC(=O)N(CCOCCOCCOCCOC)C2CCN(C(=O)CCC(=O)Nc3ccc4c(c3)C3CN(C)N(C)CC3N4C)CC2)C(C)C)c(O[C@@H]2O[C@H](C(=O)O)[C@@H](O)[C@H](O)[C@H]2O)c1)C(C)C. The third-order valence-corrected chi connectivity index (χ3v) is 22.7. The highest BCUT2D eigenvalue weighted by molar-refractivity contribution is 5.99. The summed E-state index contributed by atoms with van der Waals surface area (Å²) in [6.45, 7) is 12.8. The molecule has 11 rings (SSSR count). The number of carboxylic acids is 1. The molecule has 6 aliphatic rings. The normalized spacial score (nSPS) is 21.5. The highest BCUT2D eigenvalue weighted by atomic mass is 16.7. The quantitative estimate of drug-likeness (QED) is 0.0199. The number of carbonyl (C=O) groups excluding carboxylic acids is 8. The molecule has 6 aliphatic heterocycles. The van der Waals surface area contributed by atoms with Crippen LogP contribution in [0.3, 0.4) is 0 Å². The van der Waals surface area contributed by atoms with Crippen LogP contribution in [0.15, 0.2) is 71.5 Å². The van der Waals surface area contributed by atoms with E-state index in [1.54, 1.807) is 57.6 Å². The number of nitrogens with one attached hydrogen (secondary N) is 4. The topological polar surface area (TPSA) is 440 Å². The lowest BCUT2D eigenvalue weighted by Gasteiger charge is -2.42. The van der Waals surface area contributed by atoms with Crippen molar-refractivity contribution in [1.82, 2.24) is 44.9 Å². The largest absolute Gasteiger partial charge is 0.479 e. The number of aliphatic hydroxyl groups is 4. The third kappa shape index (κ3) is 20.5. The second-order valence-corrected chi connectivity index (χ2v) is 31.1. The van der Waals surface area contributed by atoms with Crippen molar-refractivity contribution in [1.29, 1.82) is 0 Å². The van der Waals surface area contributed by atoms with Crippen molar-refractivity contribution in [3.8, 4) is 17.1 Å². The number of aromatic nitrogens is 2. The molecule has 642 valence electrons. The third-order valence-electron chi connectivity index (χ3n) is 22.7. The van der Waals surface area contributed by atoms with Crippen LogP contribution in [0.2, 0.25) is 0 Å². The first-order chi connectivity index (χ1) is 56.4. The van der Waals surface area contributed by atoms with Gasteiger partial charge in [0, 0.05) is 126 Å². The first-order valence-electron chi connectivity index (χ1n) is 40.0. The van der Waals surface area contributed by atoms with Crippen LogP contribution in [0.4, 0.5) is 21.9 Å².